The van der Waals surface area contributed by atoms with Crippen molar-refractivity contribution in [1.82, 2.24) is 5.32 Å². The largest absolute Gasteiger partial charge is 0.384 e. The summed E-state index contributed by atoms with van der Waals surface area (Å²) in [6.45, 7) is 5.58. The number of hydrogen-bond acceptors (Lipinski definition) is 3. The number of amides is 1. The van der Waals surface area contributed by atoms with Crippen LogP contribution in [0.4, 0.5) is 0 Å². The van der Waals surface area contributed by atoms with Crippen molar-refractivity contribution >= 4 is 5.91 Å². The Balaban J connectivity index is 2.35. The topological polar surface area (TPSA) is 64.3 Å². The van der Waals surface area contributed by atoms with Crippen LogP contribution in [0.1, 0.15) is 33.1 Å². The number of methoxy groups -OCH3 is 1. The molecule has 0 heterocycles. The molecule has 0 aromatic rings. The second-order valence-electron chi connectivity index (χ2n) is 5.46. The normalized spacial score (nSPS) is 30.9. The Labute approximate surface area is 104 Å². The molecule has 0 aliphatic heterocycles. The molecule has 0 bridgehead atoms. The standard InChI is InChI=1S/C13H26N2O2/c1-9(8-17-3)7-15-13(16)12-6-11(14)5-4-10(12)2/h9-12H,4-8,14H2,1-3H3,(H,15,16). The minimum atomic E-state index is 0.0912. The fraction of sp³-hybridized carbons (Fsp3) is 0.923. The average Bonchev–Trinajstić information content (AvgIpc) is 2.29. The van der Waals surface area contributed by atoms with Crippen molar-refractivity contribution in [2.24, 2.45) is 23.5 Å². The summed E-state index contributed by atoms with van der Waals surface area (Å²) in [5, 5.41) is 3.01. The van der Waals surface area contributed by atoms with Crippen LogP contribution in [0.3, 0.4) is 0 Å². The van der Waals surface area contributed by atoms with Gasteiger partial charge in [-0.2, -0.15) is 0 Å². The fourth-order valence-corrected chi connectivity index (χ4v) is 2.47. The summed E-state index contributed by atoms with van der Waals surface area (Å²) in [6, 6.07) is 0.193. The van der Waals surface area contributed by atoms with Gasteiger partial charge >= 0.3 is 0 Å². The lowest BCUT2D eigenvalue weighted by Gasteiger charge is -2.31. The third-order valence-electron chi connectivity index (χ3n) is 3.65. The zero-order chi connectivity index (χ0) is 12.8. The van der Waals surface area contributed by atoms with E-state index < -0.39 is 0 Å². The van der Waals surface area contributed by atoms with Crippen molar-refractivity contribution in [3.8, 4) is 0 Å². The number of hydrogen-bond donors (Lipinski definition) is 2. The molecule has 100 valence electrons. The van der Waals surface area contributed by atoms with E-state index in [0.29, 0.717) is 25.0 Å². The van der Waals surface area contributed by atoms with Crippen LogP contribution in [0.15, 0.2) is 0 Å². The first-order valence-electron chi connectivity index (χ1n) is 6.56. The lowest BCUT2D eigenvalue weighted by Crippen LogP contribution is -2.43. The molecule has 0 spiro atoms. The molecule has 1 rings (SSSR count). The molecule has 1 aliphatic carbocycles. The lowest BCUT2D eigenvalue weighted by atomic mass is 9.77. The van der Waals surface area contributed by atoms with Gasteiger partial charge in [-0.15, -0.1) is 0 Å². The van der Waals surface area contributed by atoms with Crippen LogP contribution in [0.5, 0.6) is 0 Å². The van der Waals surface area contributed by atoms with Gasteiger partial charge in [0.2, 0.25) is 5.91 Å². The Morgan fingerprint density at radius 2 is 2.24 bits per heavy atom. The molecule has 4 nitrogen and oxygen atoms in total. The van der Waals surface area contributed by atoms with Crippen LogP contribution in [-0.2, 0) is 9.53 Å². The molecule has 0 aromatic heterocycles. The van der Waals surface area contributed by atoms with Crippen molar-refractivity contribution in [2.75, 3.05) is 20.3 Å². The third kappa shape index (κ3) is 4.64. The molecular weight excluding hydrogens is 216 g/mol. The smallest absolute Gasteiger partial charge is 0.223 e. The third-order valence-corrected chi connectivity index (χ3v) is 3.65. The molecular formula is C13H26N2O2. The van der Waals surface area contributed by atoms with Crippen LogP contribution < -0.4 is 11.1 Å². The number of nitrogens with two attached hydrogens (primary N) is 1. The van der Waals surface area contributed by atoms with Gasteiger partial charge < -0.3 is 15.8 Å². The molecule has 1 fully saturated rings. The van der Waals surface area contributed by atoms with E-state index in [1.54, 1.807) is 7.11 Å². The van der Waals surface area contributed by atoms with Gasteiger partial charge in [0.25, 0.3) is 0 Å². The Kier molecular flexibility index (Phi) is 5.92. The summed E-state index contributed by atoms with van der Waals surface area (Å²) < 4.78 is 5.05. The van der Waals surface area contributed by atoms with Gasteiger partial charge in [-0.25, -0.2) is 0 Å². The molecule has 4 unspecified atom stereocenters. The highest BCUT2D eigenvalue weighted by Gasteiger charge is 2.31. The minimum Gasteiger partial charge on any atom is -0.384 e. The monoisotopic (exact) mass is 242 g/mol. The fourth-order valence-electron chi connectivity index (χ4n) is 2.47. The summed E-state index contributed by atoms with van der Waals surface area (Å²) in [7, 11) is 1.68. The van der Waals surface area contributed by atoms with Gasteiger partial charge in [0.15, 0.2) is 0 Å². The highest BCUT2D eigenvalue weighted by atomic mass is 16.5. The maximum atomic E-state index is 12.1. The lowest BCUT2D eigenvalue weighted by molar-refractivity contribution is -0.128. The Hall–Kier alpha value is -0.610. The van der Waals surface area contributed by atoms with Crippen LogP contribution in [0.25, 0.3) is 0 Å². The van der Waals surface area contributed by atoms with Crippen molar-refractivity contribution in [2.45, 2.75) is 39.2 Å². The SMILES string of the molecule is COCC(C)CNC(=O)C1CC(N)CCC1C. The number of carbonyl (C=O) groups excluding carboxylic acids is 1. The number of nitrogens with one attached hydrogen (secondary N) is 1. The van der Waals surface area contributed by atoms with Crippen molar-refractivity contribution in [3.05, 3.63) is 0 Å². The van der Waals surface area contributed by atoms with Crippen molar-refractivity contribution in [3.63, 3.8) is 0 Å². The highest BCUT2D eigenvalue weighted by molar-refractivity contribution is 5.79. The molecule has 0 aromatic carbocycles. The summed E-state index contributed by atoms with van der Waals surface area (Å²) in [5.41, 5.74) is 5.93. The van der Waals surface area contributed by atoms with E-state index >= 15 is 0 Å². The highest BCUT2D eigenvalue weighted by Crippen LogP contribution is 2.29. The summed E-state index contributed by atoms with van der Waals surface area (Å²) in [5.74, 6) is 1.06. The second-order valence-corrected chi connectivity index (χ2v) is 5.46. The van der Waals surface area contributed by atoms with Crippen LogP contribution in [-0.4, -0.2) is 32.2 Å². The van der Waals surface area contributed by atoms with E-state index in [2.05, 4.69) is 19.2 Å². The average molecular weight is 242 g/mol. The Morgan fingerprint density at radius 1 is 1.53 bits per heavy atom. The molecule has 3 N–H and O–H groups in total. The number of ether oxygens (including phenoxy) is 1. The zero-order valence-electron chi connectivity index (χ0n) is 11.2. The van der Waals surface area contributed by atoms with Crippen LogP contribution >= 0.6 is 0 Å². The maximum Gasteiger partial charge on any atom is 0.223 e. The molecule has 4 atom stereocenters. The molecule has 1 aliphatic rings. The van der Waals surface area contributed by atoms with Crippen LogP contribution in [0, 0.1) is 17.8 Å². The van der Waals surface area contributed by atoms with Gasteiger partial charge in [-0.1, -0.05) is 13.8 Å². The van der Waals surface area contributed by atoms with E-state index in [-0.39, 0.29) is 17.9 Å². The summed E-state index contributed by atoms with van der Waals surface area (Å²) in [4.78, 5) is 12.1. The molecule has 1 amide bonds. The quantitative estimate of drug-likeness (QED) is 0.760. The summed E-state index contributed by atoms with van der Waals surface area (Å²) >= 11 is 0. The maximum absolute atomic E-state index is 12.1. The first kappa shape index (κ1) is 14.5. The van der Waals surface area contributed by atoms with E-state index in [0.717, 1.165) is 19.3 Å². The predicted octanol–water partition coefficient (Wildman–Crippen LogP) is 1.15. The van der Waals surface area contributed by atoms with E-state index in [1.807, 2.05) is 0 Å². The Morgan fingerprint density at radius 3 is 2.88 bits per heavy atom. The minimum absolute atomic E-state index is 0.0912. The van der Waals surface area contributed by atoms with E-state index in [1.165, 1.54) is 0 Å². The molecule has 0 radical (unpaired) electrons. The molecule has 1 saturated carbocycles. The first-order chi connectivity index (χ1) is 8.04. The Bertz CT molecular complexity index is 246. The van der Waals surface area contributed by atoms with Gasteiger partial charge in [0, 0.05) is 25.6 Å². The van der Waals surface area contributed by atoms with Crippen molar-refractivity contribution in [1.29, 1.82) is 0 Å². The molecule has 0 saturated heterocycles. The van der Waals surface area contributed by atoms with Gasteiger partial charge in [-0.3, -0.25) is 4.79 Å². The summed E-state index contributed by atoms with van der Waals surface area (Å²) in [6.07, 6.45) is 2.93. The predicted molar refractivity (Wildman–Crippen MR) is 68.5 cm³/mol. The molecule has 4 heteroatoms. The first-order valence-corrected chi connectivity index (χ1v) is 6.56. The van der Waals surface area contributed by atoms with Gasteiger partial charge in [0.05, 0.1) is 6.61 Å². The van der Waals surface area contributed by atoms with Gasteiger partial charge in [0.1, 0.15) is 0 Å². The van der Waals surface area contributed by atoms with E-state index in [4.69, 9.17) is 10.5 Å². The van der Waals surface area contributed by atoms with Crippen molar-refractivity contribution < 1.29 is 9.53 Å². The van der Waals surface area contributed by atoms with E-state index in [9.17, 15) is 4.79 Å². The number of carbonyl (C=O) groups is 1. The van der Waals surface area contributed by atoms with Crippen LogP contribution in [0.2, 0.25) is 0 Å². The second kappa shape index (κ2) is 6.97. The number of rotatable bonds is 5. The van der Waals surface area contributed by atoms with Gasteiger partial charge in [-0.05, 0) is 31.1 Å². The zero-order valence-corrected chi connectivity index (χ0v) is 11.2. The molecule has 17 heavy (non-hydrogen) atoms.